The molecule has 0 aromatic carbocycles. The van der Waals surface area contributed by atoms with Crippen LogP contribution in [0.1, 0.15) is 6.42 Å². The van der Waals surface area contributed by atoms with E-state index < -0.39 is 47.5 Å². The highest BCUT2D eigenvalue weighted by atomic mass is 16.6. The van der Waals surface area contributed by atoms with Crippen LogP contribution in [0, 0.1) is 10.1 Å². The van der Waals surface area contributed by atoms with Crippen LogP contribution in [0.15, 0.2) is 12.3 Å². The van der Waals surface area contributed by atoms with Crippen LogP contribution in [0.3, 0.4) is 0 Å². The van der Waals surface area contributed by atoms with E-state index in [0.29, 0.717) is 0 Å². The van der Waals surface area contributed by atoms with Crippen LogP contribution in [-0.4, -0.2) is 43.6 Å². The monoisotopic (exact) mass is 285 g/mol. The zero-order chi connectivity index (χ0) is 15.3. The third kappa shape index (κ3) is 4.36. The van der Waals surface area contributed by atoms with E-state index in [-0.39, 0.29) is 0 Å². The van der Waals surface area contributed by atoms with E-state index in [9.17, 15) is 24.5 Å². The fourth-order valence-corrected chi connectivity index (χ4v) is 1.32. The Hall–Kier alpha value is -2.98. The molecule has 0 aliphatic rings. The van der Waals surface area contributed by atoms with Crippen molar-refractivity contribution in [2.75, 3.05) is 0 Å². The molecule has 4 N–H and O–H groups in total. The first-order chi connectivity index (χ1) is 9.29. The van der Waals surface area contributed by atoms with Crippen molar-refractivity contribution in [2.24, 2.45) is 5.73 Å². The number of nitrogens with zero attached hydrogens (tertiary/aromatic N) is 3. The van der Waals surface area contributed by atoms with Gasteiger partial charge >= 0.3 is 11.8 Å². The summed E-state index contributed by atoms with van der Waals surface area (Å²) in [4.78, 5) is 42.6. The van der Waals surface area contributed by atoms with Crippen molar-refractivity contribution in [2.45, 2.75) is 19.0 Å². The first-order valence-corrected chi connectivity index (χ1v) is 5.28. The van der Waals surface area contributed by atoms with Crippen molar-refractivity contribution >= 4 is 23.6 Å². The number of carboxylic acid groups (broad SMARTS) is 1. The molecule has 0 unspecified atom stereocenters. The summed E-state index contributed by atoms with van der Waals surface area (Å²) in [6, 6.07) is -0.365. The summed E-state index contributed by atoms with van der Waals surface area (Å²) >= 11 is 0. The second-order valence-electron chi connectivity index (χ2n) is 3.76. The predicted octanol–water partition coefficient (Wildman–Crippen LogP) is -1.76. The summed E-state index contributed by atoms with van der Waals surface area (Å²) in [6.45, 7) is -0.420. The molecule has 0 saturated heterocycles. The number of aromatic nitrogens is 2. The minimum absolute atomic E-state index is 0.420. The molecule has 0 aliphatic carbocycles. The SMILES string of the molecule is NC(=O)C[C@@H](NC(=O)Cn1ccc([N+](=O)[O-])n1)C(=O)O. The van der Waals surface area contributed by atoms with Crippen LogP contribution in [0.2, 0.25) is 0 Å². The van der Waals surface area contributed by atoms with Crippen LogP contribution in [0.25, 0.3) is 0 Å². The van der Waals surface area contributed by atoms with E-state index >= 15 is 0 Å². The van der Waals surface area contributed by atoms with Crippen molar-refractivity contribution < 1.29 is 24.4 Å². The van der Waals surface area contributed by atoms with E-state index in [1.807, 2.05) is 0 Å². The summed E-state index contributed by atoms with van der Waals surface area (Å²) in [5.41, 5.74) is 4.85. The van der Waals surface area contributed by atoms with Gasteiger partial charge in [0.15, 0.2) is 0 Å². The Morgan fingerprint density at radius 2 is 2.20 bits per heavy atom. The molecule has 1 aromatic rings. The van der Waals surface area contributed by atoms with Crippen molar-refractivity contribution in [3.8, 4) is 0 Å². The fourth-order valence-electron chi connectivity index (χ4n) is 1.32. The average molecular weight is 285 g/mol. The zero-order valence-corrected chi connectivity index (χ0v) is 10.1. The third-order valence-electron chi connectivity index (χ3n) is 2.16. The van der Waals surface area contributed by atoms with E-state index in [1.165, 1.54) is 6.20 Å². The number of rotatable bonds is 7. The summed E-state index contributed by atoms with van der Waals surface area (Å²) < 4.78 is 0.969. The standard InChI is InChI=1S/C9H11N5O6/c10-6(15)3-5(9(17)18)11-8(16)4-13-2-1-7(12-13)14(19)20/h1-2,5H,3-4H2,(H2,10,15)(H,11,16)(H,17,18)/t5-/m1/s1. The second-order valence-corrected chi connectivity index (χ2v) is 3.76. The Balaban J connectivity index is 2.62. The quantitative estimate of drug-likeness (QED) is 0.393. The highest BCUT2D eigenvalue weighted by Gasteiger charge is 2.23. The molecule has 1 atom stereocenters. The molecule has 0 bridgehead atoms. The molecular formula is C9H11N5O6. The summed E-state index contributed by atoms with van der Waals surface area (Å²) in [5, 5.41) is 24.7. The number of hydrogen-bond acceptors (Lipinski definition) is 6. The molecule has 0 fully saturated rings. The van der Waals surface area contributed by atoms with Gasteiger partial charge in [0, 0.05) is 0 Å². The number of carbonyl (C=O) groups excluding carboxylic acids is 2. The van der Waals surface area contributed by atoms with Crippen LogP contribution >= 0.6 is 0 Å². The summed E-state index contributed by atoms with van der Waals surface area (Å²) in [6.07, 6.45) is 0.641. The molecular weight excluding hydrogens is 274 g/mol. The van der Waals surface area contributed by atoms with Gasteiger partial charge in [-0.3, -0.25) is 9.59 Å². The number of primary amides is 1. The van der Waals surface area contributed by atoms with E-state index in [2.05, 4.69) is 10.4 Å². The van der Waals surface area contributed by atoms with E-state index in [4.69, 9.17) is 10.8 Å². The van der Waals surface area contributed by atoms with Gasteiger partial charge < -0.3 is 26.3 Å². The van der Waals surface area contributed by atoms with Crippen LogP contribution in [-0.2, 0) is 20.9 Å². The van der Waals surface area contributed by atoms with Gasteiger partial charge in [-0.05, 0) is 4.92 Å². The van der Waals surface area contributed by atoms with Gasteiger partial charge in [0.25, 0.3) is 0 Å². The minimum atomic E-state index is -1.45. The molecule has 0 spiro atoms. The molecule has 108 valence electrons. The molecule has 0 radical (unpaired) electrons. The van der Waals surface area contributed by atoms with Crippen molar-refractivity contribution in [1.29, 1.82) is 0 Å². The molecule has 20 heavy (non-hydrogen) atoms. The van der Waals surface area contributed by atoms with Gasteiger partial charge in [0.1, 0.15) is 12.6 Å². The van der Waals surface area contributed by atoms with Crippen molar-refractivity contribution in [3.63, 3.8) is 0 Å². The lowest BCUT2D eigenvalue weighted by atomic mass is 10.2. The molecule has 0 aliphatic heterocycles. The molecule has 1 heterocycles. The normalized spacial score (nSPS) is 11.6. The minimum Gasteiger partial charge on any atom is -0.480 e. The Labute approximate surface area is 111 Å². The predicted molar refractivity (Wildman–Crippen MR) is 62.3 cm³/mol. The van der Waals surface area contributed by atoms with Gasteiger partial charge in [-0.15, -0.1) is 0 Å². The number of nitrogens with one attached hydrogen (secondary N) is 1. The average Bonchev–Trinajstić information content (AvgIpc) is 2.75. The van der Waals surface area contributed by atoms with Gasteiger partial charge in [-0.2, -0.15) is 4.68 Å². The number of nitro groups is 1. The molecule has 0 saturated carbocycles. The Kier molecular flexibility index (Phi) is 4.72. The third-order valence-corrected chi connectivity index (χ3v) is 2.16. The first kappa shape index (κ1) is 15.1. The van der Waals surface area contributed by atoms with Gasteiger partial charge in [0.05, 0.1) is 23.8 Å². The molecule has 11 nitrogen and oxygen atoms in total. The lowest BCUT2D eigenvalue weighted by molar-refractivity contribution is -0.389. The number of hydrogen-bond donors (Lipinski definition) is 3. The maximum Gasteiger partial charge on any atom is 0.389 e. The number of nitrogens with two attached hydrogens (primary N) is 1. The Morgan fingerprint density at radius 3 is 2.65 bits per heavy atom. The van der Waals surface area contributed by atoms with Crippen molar-refractivity contribution in [1.82, 2.24) is 15.1 Å². The summed E-state index contributed by atoms with van der Waals surface area (Å²) in [7, 11) is 0. The van der Waals surface area contributed by atoms with Crippen LogP contribution in [0.4, 0.5) is 5.82 Å². The molecule has 1 rings (SSSR count). The first-order valence-electron chi connectivity index (χ1n) is 5.28. The largest absolute Gasteiger partial charge is 0.480 e. The number of carbonyl (C=O) groups is 3. The summed E-state index contributed by atoms with van der Waals surface area (Å²) in [5.74, 6) is -3.50. The smallest absolute Gasteiger partial charge is 0.389 e. The van der Waals surface area contributed by atoms with Crippen LogP contribution < -0.4 is 11.1 Å². The topological polar surface area (TPSA) is 170 Å². The second kappa shape index (κ2) is 6.26. The lowest BCUT2D eigenvalue weighted by Crippen LogP contribution is -2.44. The number of amides is 2. The van der Waals surface area contributed by atoms with E-state index in [0.717, 1.165) is 10.7 Å². The van der Waals surface area contributed by atoms with Crippen LogP contribution in [0.5, 0.6) is 0 Å². The van der Waals surface area contributed by atoms with Gasteiger partial charge in [0.2, 0.25) is 11.8 Å². The van der Waals surface area contributed by atoms with Gasteiger partial charge in [-0.1, -0.05) is 0 Å². The lowest BCUT2D eigenvalue weighted by Gasteiger charge is -2.11. The molecule has 1 aromatic heterocycles. The fraction of sp³-hybridized carbons (Fsp3) is 0.333. The number of carboxylic acids is 1. The Bertz CT molecular complexity index is 553. The maximum absolute atomic E-state index is 11.5. The Morgan fingerprint density at radius 1 is 1.55 bits per heavy atom. The molecule has 2 amide bonds. The van der Waals surface area contributed by atoms with Crippen molar-refractivity contribution in [3.05, 3.63) is 22.4 Å². The van der Waals surface area contributed by atoms with Gasteiger partial charge in [-0.25, -0.2) is 4.79 Å². The zero-order valence-electron chi connectivity index (χ0n) is 10.1. The highest BCUT2D eigenvalue weighted by Crippen LogP contribution is 2.04. The number of aliphatic carboxylic acids is 1. The molecule has 11 heteroatoms. The highest BCUT2D eigenvalue weighted by molar-refractivity contribution is 5.88. The van der Waals surface area contributed by atoms with E-state index in [1.54, 1.807) is 0 Å². The maximum atomic E-state index is 11.5.